The first-order valence-electron chi connectivity index (χ1n) is 11.5. The highest BCUT2D eigenvalue weighted by atomic mass is 32.2. The first-order valence-corrected chi connectivity index (χ1v) is 12.7. The van der Waals surface area contributed by atoms with Gasteiger partial charge < -0.3 is 5.32 Å². The minimum atomic E-state index is -0.354. The third-order valence-corrected chi connectivity index (χ3v) is 7.40. The van der Waals surface area contributed by atoms with Crippen molar-refractivity contribution < 1.29 is 14.4 Å². The van der Waals surface area contributed by atoms with Gasteiger partial charge >= 0.3 is 0 Å². The number of nitrogens with one attached hydrogen (secondary N) is 1. The molecule has 0 saturated carbocycles. The van der Waals surface area contributed by atoms with Crippen LogP contribution in [0, 0.1) is 6.92 Å². The number of amides is 3. The number of hydrogen-bond acceptors (Lipinski definition) is 5. The van der Waals surface area contributed by atoms with Gasteiger partial charge in [-0.25, -0.2) is 0 Å². The van der Waals surface area contributed by atoms with Crippen LogP contribution in [-0.2, 0) is 14.4 Å². The molecule has 0 aliphatic carbocycles. The van der Waals surface area contributed by atoms with Crippen molar-refractivity contribution in [3.8, 4) is 0 Å². The van der Waals surface area contributed by atoms with Crippen molar-refractivity contribution in [3.05, 3.63) is 64.6 Å². The van der Waals surface area contributed by atoms with Crippen LogP contribution in [0.1, 0.15) is 43.7 Å². The van der Waals surface area contributed by atoms with Crippen molar-refractivity contribution >= 4 is 63.0 Å². The highest BCUT2D eigenvalue weighted by molar-refractivity contribution is 8.26. The summed E-state index contributed by atoms with van der Waals surface area (Å²) in [4.78, 5) is 43.0. The Labute approximate surface area is 209 Å². The number of anilines is 2. The lowest BCUT2D eigenvalue weighted by Gasteiger charge is -2.17. The molecule has 2 aromatic rings. The first-order chi connectivity index (χ1) is 16.4. The summed E-state index contributed by atoms with van der Waals surface area (Å²) < 4.78 is 0.477. The van der Waals surface area contributed by atoms with Crippen molar-refractivity contribution in [2.75, 3.05) is 23.3 Å². The Morgan fingerprint density at radius 3 is 2.47 bits per heavy atom. The van der Waals surface area contributed by atoms with Crippen molar-refractivity contribution in [2.45, 2.75) is 39.5 Å². The normalized spacial score (nSPS) is 17.5. The Balaban J connectivity index is 1.58. The molecule has 176 valence electrons. The maximum atomic E-state index is 13.5. The zero-order chi connectivity index (χ0) is 24.2. The van der Waals surface area contributed by atoms with Gasteiger partial charge in [-0.1, -0.05) is 86.6 Å². The smallest absolute Gasteiger partial charge is 0.267 e. The summed E-state index contributed by atoms with van der Waals surface area (Å²) in [7, 11) is 0. The van der Waals surface area contributed by atoms with Crippen LogP contribution in [0.5, 0.6) is 0 Å². The summed E-state index contributed by atoms with van der Waals surface area (Å²) in [5.41, 5.74) is 3.25. The number of fused-ring (bicyclic) bond motifs is 1. The number of para-hydroxylation sites is 2. The fourth-order valence-corrected chi connectivity index (χ4v) is 5.52. The molecule has 2 aliphatic rings. The molecule has 1 saturated heterocycles. The molecule has 34 heavy (non-hydrogen) atoms. The monoisotopic (exact) mass is 493 g/mol. The van der Waals surface area contributed by atoms with E-state index in [1.165, 1.54) is 16.7 Å². The minimum absolute atomic E-state index is 0.148. The Morgan fingerprint density at radius 2 is 1.71 bits per heavy atom. The van der Waals surface area contributed by atoms with Gasteiger partial charge in [-0.2, -0.15) is 0 Å². The lowest BCUT2D eigenvalue weighted by molar-refractivity contribution is -0.122. The number of hydrogen-bond donors (Lipinski definition) is 1. The highest BCUT2D eigenvalue weighted by Gasteiger charge is 2.42. The van der Waals surface area contributed by atoms with E-state index < -0.39 is 0 Å². The SMILES string of the molecule is CCCCCCN1C(=O)/C(=C2/C(=O)N(CC(=O)Nc3ccccc3C)c3ccccc32)SC1=S. The highest BCUT2D eigenvalue weighted by Crippen LogP contribution is 2.44. The summed E-state index contributed by atoms with van der Waals surface area (Å²) >= 11 is 6.65. The van der Waals surface area contributed by atoms with Gasteiger partial charge in [0.15, 0.2) is 0 Å². The van der Waals surface area contributed by atoms with E-state index in [2.05, 4.69) is 12.2 Å². The summed E-state index contributed by atoms with van der Waals surface area (Å²) in [6.07, 6.45) is 4.13. The number of carbonyl (C=O) groups excluding carboxylic acids is 3. The molecule has 0 spiro atoms. The van der Waals surface area contributed by atoms with E-state index in [-0.39, 0.29) is 24.3 Å². The fourth-order valence-electron chi connectivity index (χ4n) is 4.14. The predicted molar refractivity (Wildman–Crippen MR) is 142 cm³/mol. The number of unbranched alkanes of at least 4 members (excludes halogenated alkanes) is 3. The third kappa shape index (κ3) is 4.79. The molecule has 1 fully saturated rings. The molecule has 0 aromatic heterocycles. The number of carbonyl (C=O) groups is 3. The van der Waals surface area contributed by atoms with E-state index in [0.29, 0.717) is 38.3 Å². The number of rotatable bonds is 8. The Hall–Kier alpha value is -2.97. The van der Waals surface area contributed by atoms with Crippen LogP contribution in [0.15, 0.2) is 53.4 Å². The number of aryl methyl sites for hydroxylation is 1. The van der Waals surface area contributed by atoms with Crippen molar-refractivity contribution in [1.82, 2.24) is 4.90 Å². The van der Waals surface area contributed by atoms with E-state index in [1.807, 2.05) is 49.4 Å². The molecule has 0 bridgehead atoms. The summed E-state index contributed by atoms with van der Waals surface area (Å²) in [6, 6.07) is 14.7. The topological polar surface area (TPSA) is 69.7 Å². The zero-order valence-electron chi connectivity index (χ0n) is 19.3. The summed E-state index contributed by atoms with van der Waals surface area (Å²) in [5, 5.41) is 2.88. The van der Waals surface area contributed by atoms with E-state index in [0.717, 1.165) is 31.2 Å². The van der Waals surface area contributed by atoms with Crippen LogP contribution < -0.4 is 10.2 Å². The van der Waals surface area contributed by atoms with E-state index in [4.69, 9.17) is 12.2 Å². The van der Waals surface area contributed by atoms with Gasteiger partial charge in [0, 0.05) is 17.8 Å². The van der Waals surface area contributed by atoms with Crippen LogP contribution in [0.3, 0.4) is 0 Å². The molecule has 3 amide bonds. The van der Waals surface area contributed by atoms with Gasteiger partial charge in [-0.15, -0.1) is 0 Å². The van der Waals surface area contributed by atoms with Crippen LogP contribution >= 0.6 is 24.0 Å². The molecule has 2 heterocycles. The van der Waals surface area contributed by atoms with Crippen LogP contribution in [0.4, 0.5) is 11.4 Å². The minimum Gasteiger partial charge on any atom is -0.324 e. The van der Waals surface area contributed by atoms with Crippen LogP contribution in [0.25, 0.3) is 5.57 Å². The van der Waals surface area contributed by atoms with Crippen molar-refractivity contribution in [1.29, 1.82) is 0 Å². The second kappa shape index (κ2) is 10.5. The number of thioether (sulfide) groups is 1. The quantitative estimate of drug-likeness (QED) is 0.314. The first kappa shape index (κ1) is 24.2. The van der Waals surface area contributed by atoms with Gasteiger partial charge in [0.1, 0.15) is 10.9 Å². The molecule has 2 aromatic carbocycles. The molecule has 4 rings (SSSR count). The Bertz CT molecular complexity index is 1190. The molecule has 0 radical (unpaired) electrons. The molecule has 0 unspecified atom stereocenters. The van der Waals surface area contributed by atoms with Gasteiger partial charge in [0.2, 0.25) is 5.91 Å². The molecule has 1 N–H and O–H groups in total. The summed E-state index contributed by atoms with van der Waals surface area (Å²) in [5.74, 6) is -0.884. The third-order valence-electron chi connectivity index (χ3n) is 5.96. The number of nitrogens with zero attached hydrogens (tertiary/aromatic N) is 2. The van der Waals surface area contributed by atoms with E-state index in [1.54, 1.807) is 11.0 Å². The van der Waals surface area contributed by atoms with Crippen molar-refractivity contribution in [2.24, 2.45) is 0 Å². The van der Waals surface area contributed by atoms with E-state index >= 15 is 0 Å². The molecule has 2 aliphatic heterocycles. The largest absolute Gasteiger partial charge is 0.324 e. The van der Waals surface area contributed by atoms with Gasteiger partial charge in [0.25, 0.3) is 11.8 Å². The molecule has 6 nitrogen and oxygen atoms in total. The molecule has 0 atom stereocenters. The maximum absolute atomic E-state index is 13.5. The Kier molecular flexibility index (Phi) is 7.48. The lowest BCUT2D eigenvalue weighted by Crippen LogP contribution is -2.35. The lowest BCUT2D eigenvalue weighted by atomic mass is 10.1. The van der Waals surface area contributed by atoms with Gasteiger partial charge in [-0.3, -0.25) is 24.2 Å². The van der Waals surface area contributed by atoms with E-state index in [9.17, 15) is 14.4 Å². The number of benzene rings is 2. The van der Waals surface area contributed by atoms with Gasteiger partial charge in [-0.05, 0) is 31.0 Å². The van der Waals surface area contributed by atoms with Crippen LogP contribution in [0.2, 0.25) is 0 Å². The molecule has 8 heteroatoms. The Morgan fingerprint density at radius 1 is 0.971 bits per heavy atom. The fraction of sp³-hybridized carbons (Fsp3) is 0.308. The second-order valence-corrected chi connectivity index (χ2v) is 10.0. The summed E-state index contributed by atoms with van der Waals surface area (Å²) in [6.45, 7) is 4.46. The average Bonchev–Trinajstić information content (AvgIpc) is 3.25. The van der Waals surface area contributed by atoms with Gasteiger partial charge in [0.05, 0.1) is 16.2 Å². The average molecular weight is 494 g/mol. The van der Waals surface area contributed by atoms with Crippen LogP contribution in [-0.4, -0.2) is 40.0 Å². The maximum Gasteiger partial charge on any atom is 0.267 e. The molecular weight excluding hydrogens is 466 g/mol. The molecular formula is C26H27N3O3S2. The number of thiocarbonyl (C=S) groups is 1. The standard InChI is InChI=1S/C26H27N3O3S2/c1-3-4-5-10-15-28-25(32)23(34-26(28)33)22-18-12-7-9-14-20(18)29(24(22)31)16-21(30)27-19-13-8-6-11-17(19)2/h6-9,11-14H,3-5,10,15-16H2,1-2H3,(H,27,30)/b23-22-. The zero-order valence-corrected chi connectivity index (χ0v) is 20.9. The predicted octanol–water partition coefficient (Wildman–Crippen LogP) is 5.13. The second-order valence-electron chi connectivity index (χ2n) is 8.36. The van der Waals surface area contributed by atoms with Crippen molar-refractivity contribution in [3.63, 3.8) is 0 Å².